The molecule has 0 saturated carbocycles. The summed E-state index contributed by atoms with van der Waals surface area (Å²) in [6, 6.07) is 10.4. The third-order valence-electron chi connectivity index (χ3n) is 2.55. The van der Waals surface area contributed by atoms with Gasteiger partial charge in [-0.25, -0.2) is 9.37 Å². The van der Waals surface area contributed by atoms with Crippen LogP contribution < -0.4 is 0 Å². The number of aromatic nitrogens is 2. The molecule has 2 nitrogen and oxygen atoms in total. The van der Waals surface area contributed by atoms with Gasteiger partial charge in [-0.3, -0.25) is 0 Å². The lowest BCUT2D eigenvalue weighted by Crippen LogP contribution is -1.83. The molecule has 0 aliphatic heterocycles. The van der Waals surface area contributed by atoms with Crippen LogP contribution in [-0.2, 0) is 0 Å². The molecule has 4 heteroatoms. The highest BCUT2D eigenvalue weighted by atomic mass is 35.5. The minimum Gasteiger partial charge on any atom is -0.304 e. The first-order valence-corrected chi connectivity index (χ1v) is 5.50. The van der Waals surface area contributed by atoms with Gasteiger partial charge in [0.2, 0.25) is 0 Å². The summed E-state index contributed by atoms with van der Waals surface area (Å²) >= 11 is 5.82. The number of nitrogens with zero attached hydrogens (tertiary/aromatic N) is 2. The molecule has 0 aliphatic carbocycles. The zero-order chi connectivity index (χ0) is 11.8. The number of benzene rings is 1. The highest BCUT2D eigenvalue weighted by molar-refractivity contribution is 6.30. The van der Waals surface area contributed by atoms with Gasteiger partial charge in [-0.2, -0.15) is 0 Å². The first kappa shape index (κ1) is 10.3. The zero-order valence-corrected chi connectivity index (χ0v) is 9.53. The number of pyridine rings is 1. The molecule has 2 heterocycles. The van der Waals surface area contributed by atoms with Crippen molar-refractivity contribution in [3.63, 3.8) is 0 Å². The van der Waals surface area contributed by atoms with Gasteiger partial charge >= 0.3 is 0 Å². The lowest BCUT2D eigenvalue weighted by molar-refractivity contribution is 0.619. The molecule has 0 amide bonds. The summed E-state index contributed by atoms with van der Waals surface area (Å²) in [5, 5.41) is 0.684. The average Bonchev–Trinajstić information content (AvgIpc) is 2.72. The van der Waals surface area contributed by atoms with Crippen LogP contribution in [0.15, 0.2) is 48.8 Å². The number of imidazole rings is 1. The van der Waals surface area contributed by atoms with E-state index in [9.17, 15) is 4.39 Å². The minimum absolute atomic E-state index is 0.280. The summed E-state index contributed by atoms with van der Waals surface area (Å²) in [4.78, 5) is 4.41. The molecule has 0 aliphatic rings. The van der Waals surface area contributed by atoms with Crippen molar-refractivity contribution in [2.75, 3.05) is 0 Å². The lowest BCUT2D eigenvalue weighted by atomic mass is 10.2. The van der Waals surface area contributed by atoms with Crippen molar-refractivity contribution in [1.82, 2.24) is 9.38 Å². The molecule has 0 fully saturated rings. The molecule has 84 valence electrons. The Morgan fingerprint density at radius 3 is 2.53 bits per heavy atom. The Bertz CT molecular complexity index is 673. The van der Waals surface area contributed by atoms with Crippen molar-refractivity contribution < 1.29 is 4.39 Å². The summed E-state index contributed by atoms with van der Waals surface area (Å²) in [5.41, 5.74) is 2.47. The number of halogens is 2. The maximum absolute atomic E-state index is 13.0. The van der Waals surface area contributed by atoms with Crippen LogP contribution in [-0.4, -0.2) is 9.38 Å². The fraction of sp³-hybridized carbons (Fsp3) is 0. The summed E-state index contributed by atoms with van der Waals surface area (Å²) in [6.07, 6.45) is 3.20. The van der Waals surface area contributed by atoms with E-state index in [0.717, 1.165) is 16.9 Å². The van der Waals surface area contributed by atoms with Crippen LogP contribution in [0.1, 0.15) is 0 Å². The Labute approximate surface area is 102 Å². The first-order valence-electron chi connectivity index (χ1n) is 5.12. The van der Waals surface area contributed by atoms with Gasteiger partial charge in [-0.15, -0.1) is 0 Å². The molecule has 0 atom stereocenters. The molecule has 3 aromatic rings. The van der Waals surface area contributed by atoms with Crippen LogP contribution in [0, 0.1) is 5.82 Å². The molecule has 0 bridgehead atoms. The third kappa shape index (κ3) is 1.89. The van der Waals surface area contributed by atoms with Crippen molar-refractivity contribution in [3.05, 3.63) is 59.6 Å². The smallest absolute Gasteiger partial charge is 0.139 e. The molecule has 17 heavy (non-hydrogen) atoms. The Balaban J connectivity index is 2.14. The van der Waals surface area contributed by atoms with Gasteiger partial charge in [-0.1, -0.05) is 23.7 Å². The molecule has 1 aromatic carbocycles. The summed E-state index contributed by atoms with van der Waals surface area (Å²) in [7, 11) is 0. The second-order valence-electron chi connectivity index (χ2n) is 3.75. The fourth-order valence-corrected chi connectivity index (χ4v) is 1.85. The predicted octanol–water partition coefficient (Wildman–Crippen LogP) is 3.79. The number of hydrogen-bond donors (Lipinski definition) is 0. The standard InChI is InChI=1S/C13H8ClFN2/c14-10-3-1-9(2-4-10)12-8-17-7-11(15)5-6-13(17)16-12/h1-8H. The first-order chi connectivity index (χ1) is 8.22. The molecule has 0 unspecified atom stereocenters. The third-order valence-corrected chi connectivity index (χ3v) is 2.81. The largest absolute Gasteiger partial charge is 0.304 e. The lowest BCUT2D eigenvalue weighted by Gasteiger charge is -1.95. The molecular formula is C13H8ClFN2. The van der Waals surface area contributed by atoms with Crippen LogP contribution in [0.2, 0.25) is 5.02 Å². The molecule has 0 saturated heterocycles. The molecule has 2 aromatic heterocycles. The summed E-state index contributed by atoms with van der Waals surface area (Å²) in [5.74, 6) is -0.280. The van der Waals surface area contributed by atoms with Crippen molar-refractivity contribution in [1.29, 1.82) is 0 Å². The van der Waals surface area contributed by atoms with E-state index < -0.39 is 0 Å². The van der Waals surface area contributed by atoms with E-state index in [2.05, 4.69) is 4.98 Å². The van der Waals surface area contributed by atoms with Gasteiger partial charge in [0.1, 0.15) is 11.5 Å². The highest BCUT2D eigenvalue weighted by Crippen LogP contribution is 2.21. The molecular weight excluding hydrogens is 239 g/mol. The van der Waals surface area contributed by atoms with Crippen LogP contribution in [0.25, 0.3) is 16.9 Å². The van der Waals surface area contributed by atoms with Crippen molar-refractivity contribution in [2.45, 2.75) is 0 Å². The Kier molecular flexibility index (Phi) is 2.34. The van der Waals surface area contributed by atoms with E-state index in [4.69, 9.17) is 11.6 Å². The molecule has 0 spiro atoms. The molecule has 0 radical (unpaired) electrons. The average molecular weight is 247 g/mol. The van der Waals surface area contributed by atoms with E-state index >= 15 is 0 Å². The highest BCUT2D eigenvalue weighted by Gasteiger charge is 2.04. The van der Waals surface area contributed by atoms with E-state index in [1.54, 1.807) is 16.7 Å². The van der Waals surface area contributed by atoms with Crippen LogP contribution in [0.4, 0.5) is 4.39 Å². The fourth-order valence-electron chi connectivity index (χ4n) is 1.72. The number of fused-ring (bicyclic) bond motifs is 1. The van der Waals surface area contributed by atoms with Gasteiger partial charge in [0, 0.05) is 23.0 Å². The van der Waals surface area contributed by atoms with Crippen molar-refractivity contribution in [2.24, 2.45) is 0 Å². The Morgan fingerprint density at radius 2 is 1.76 bits per heavy atom. The van der Waals surface area contributed by atoms with Crippen LogP contribution in [0.5, 0.6) is 0 Å². The van der Waals surface area contributed by atoms with Gasteiger partial charge in [0.15, 0.2) is 0 Å². The SMILES string of the molecule is Fc1ccc2nc(-c3ccc(Cl)cc3)cn2c1. The van der Waals surface area contributed by atoms with Gasteiger partial charge in [0.25, 0.3) is 0 Å². The van der Waals surface area contributed by atoms with Gasteiger partial charge in [0.05, 0.1) is 5.69 Å². The zero-order valence-electron chi connectivity index (χ0n) is 8.77. The summed E-state index contributed by atoms with van der Waals surface area (Å²) < 4.78 is 14.7. The topological polar surface area (TPSA) is 17.3 Å². The predicted molar refractivity (Wildman–Crippen MR) is 65.6 cm³/mol. The van der Waals surface area contributed by atoms with Gasteiger partial charge < -0.3 is 4.40 Å². The van der Waals surface area contributed by atoms with E-state index in [-0.39, 0.29) is 5.82 Å². The van der Waals surface area contributed by atoms with E-state index in [0.29, 0.717) is 5.02 Å². The van der Waals surface area contributed by atoms with Crippen molar-refractivity contribution >= 4 is 17.2 Å². The minimum atomic E-state index is -0.280. The second kappa shape index (κ2) is 3.86. The molecule has 0 N–H and O–H groups in total. The Hall–Kier alpha value is -1.87. The number of hydrogen-bond acceptors (Lipinski definition) is 1. The normalized spacial score (nSPS) is 10.9. The monoisotopic (exact) mass is 246 g/mol. The Morgan fingerprint density at radius 1 is 1.00 bits per heavy atom. The second-order valence-corrected chi connectivity index (χ2v) is 4.18. The maximum atomic E-state index is 13.0. The van der Waals surface area contributed by atoms with Crippen LogP contribution >= 0.6 is 11.6 Å². The quantitative estimate of drug-likeness (QED) is 0.639. The van der Waals surface area contributed by atoms with Crippen LogP contribution in [0.3, 0.4) is 0 Å². The molecule has 3 rings (SSSR count). The van der Waals surface area contributed by atoms with E-state index in [1.165, 1.54) is 12.3 Å². The number of rotatable bonds is 1. The van der Waals surface area contributed by atoms with E-state index in [1.807, 2.05) is 24.3 Å². The summed E-state index contributed by atoms with van der Waals surface area (Å²) in [6.45, 7) is 0. The maximum Gasteiger partial charge on any atom is 0.139 e. The van der Waals surface area contributed by atoms with Gasteiger partial charge in [-0.05, 0) is 24.3 Å². The van der Waals surface area contributed by atoms with Crippen molar-refractivity contribution in [3.8, 4) is 11.3 Å².